The molecule has 0 saturated carbocycles. The lowest BCUT2D eigenvalue weighted by Crippen LogP contribution is -2.43. The van der Waals surface area contributed by atoms with Crippen LogP contribution in [0, 0.1) is 0 Å². The van der Waals surface area contributed by atoms with Crippen LogP contribution in [0.25, 0.3) is 0 Å². The van der Waals surface area contributed by atoms with E-state index in [4.69, 9.17) is 11.6 Å². The molecule has 2 aliphatic rings. The maximum Gasteiger partial charge on any atom is 0.263 e. The summed E-state index contributed by atoms with van der Waals surface area (Å²) < 4.78 is 0. The Morgan fingerprint density at radius 1 is 1.13 bits per heavy atom. The highest BCUT2D eigenvalue weighted by atomic mass is 35.5. The Labute approximate surface area is 178 Å². The molecule has 0 spiro atoms. The van der Waals surface area contributed by atoms with Gasteiger partial charge in [0.25, 0.3) is 11.8 Å². The van der Waals surface area contributed by atoms with E-state index in [1.54, 1.807) is 18.2 Å². The molecule has 0 aromatic heterocycles. The molecule has 1 N–H and O–H groups in total. The Morgan fingerprint density at radius 3 is 2.53 bits per heavy atom. The van der Waals surface area contributed by atoms with Crippen molar-refractivity contribution in [3.63, 3.8) is 0 Å². The van der Waals surface area contributed by atoms with Crippen molar-refractivity contribution in [3.8, 4) is 0 Å². The molecule has 0 aliphatic carbocycles. The van der Waals surface area contributed by atoms with E-state index in [9.17, 15) is 14.4 Å². The van der Waals surface area contributed by atoms with E-state index in [0.717, 1.165) is 4.90 Å². The molecule has 2 aromatic carbocycles. The highest BCUT2D eigenvalue weighted by Gasteiger charge is 2.55. The maximum atomic E-state index is 12.9. The number of rotatable bonds is 5. The number of carbonyl (C=O) groups excluding carboxylic acids is 3. The molecule has 9 heteroatoms. The number of fused-ring (bicyclic) bond motifs is 1. The van der Waals surface area contributed by atoms with Crippen LogP contribution in [0.1, 0.15) is 25.3 Å². The summed E-state index contributed by atoms with van der Waals surface area (Å²) in [6, 6.07) is 12.1. The molecule has 2 heterocycles. The maximum absolute atomic E-state index is 12.9. The van der Waals surface area contributed by atoms with Crippen molar-refractivity contribution < 1.29 is 14.4 Å². The number of anilines is 2. The van der Waals surface area contributed by atoms with Crippen molar-refractivity contribution in [2.24, 2.45) is 10.3 Å². The van der Waals surface area contributed by atoms with Crippen LogP contribution in [0.5, 0.6) is 0 Å². The molecule has 1 saturated heterocycles. The van der Waals surface area contributed by atoms with Gasteiger partial charge in [0, 0.05) is 10.7 Å². The van der Waals surface area contributed by atoms with Gasteiger partial charge in [-0.1, -0.05) is 48.9 Å². The minimum atomic E-state index is -0.963. The third kappa shape index (κ3) is 3.66. The van der Waals surface area contributed by atoms with E-state index in [1.165, 1.54) is 16.6 Å². The van der Waals surface area contributed by atoms with E-state index in [1.807, 2.05) is 24.3 Å². The fourth-order valence-electron chi connectivity index (χ4n) is 3.52. The fourth-order valence-corrected chi connectivity index (χ4v) is 3.71. The summed E-state index contributed by atoms with van der Waals surface area (Å²) in [6.07, 6.45) is 0. The third-order valence-electron chi connectivity index (χ3n) is 5.09. The largest absolute Gasteiger partial charge is 0.324 e. The first-order valence-corrected chi connectivity index (χ1v) is 9.93. The zero-order chi connectivity index (χ0) is 21.4. The van der Waals surface area contributed by atoms with Gasteiger partial charge in [-0.3, -0.25) is 19.4 Å². The number of halogens is 1. The Morgan fingerprint density at radius 2 is 1.87 bits per heavy atom. The van der Waals surface area contributed by atoms with Gasteiger partial charge in [0.05, 0.1) is 5.69 Å². The van der Waals surface area contributed by atoms with Gasteiger partial charge in [0.15, 0.2) is 12.1 Å². The predicted molar refractivity (Wildman–Crippen MR) is 112 cm³/mol. The topological polar surface area (TPSA) is 94.4 Å². The van der Waals surface area contributed by atoms with Crippen LogP contribution in [0.4, 0.5) is 11.4 Å². The number of nitrogens with one attached hydrogen (secondary N) is 1. The van der Waals surface area contributed by atoms with Gasteiger partial charge in [0.2, 0.25) is 5.91 Å². The SMILES string of the molecule is CC(C)c1ccc(NC(=O)CN2N=N[C@H]3C(=O)N(c4cccc(Cl)c4)C(=O)[C@@H]32)cc1. The van der Waals surface area contributed by atoms with Crippen LogP contribution in [0.3, 0.4) is 0 Å². The first-order chi connectivity index (χ1) is 14.3. The van der Waals surface area contributed by atoms with Crippen LogP contribution >= 0.6 is 11.6 Å². The van der Waals surface area contributed by atoms with Gasteiger partial charge >= 0.3 is 0 Å². The molecule has 8 nitrogen and oxygen atoms in total. The van der Waals surface area contributed by atoms with E-state index >= 15 is 0 Å². The Hall–Kier alpha value is -3.26. The molecule has 0 radical (unpaired) electrons. The average Bonchev–Trinajstić information content (AvgIpc) is 3.22. The second kappa shape index (κ2) is 7.87. The van der Waals surface area contributed by atoms with Gasteiger partial charge in [-0.05, 0) is 41.8 Å². The third-order valence-corrected chi connectivity index (χ3v) is 5.33. The van der Waals surface area contributed by atoms with E-state index in [-0.39, 0.29) is 12.5 Å². The molecule has 1 fully saturated rings. The Balaban J connectivity index is 1.45. The first kappa shape index (κ1) is 20.0. The number of imide groups is 1. The van der Waals surface area contributed by atoms with Gasteiger partial charge in [0.1, 0.15) is 6.54 Å². The number of benzene rings is 2. The van der Waals surface area contributed by atoms with Gasteiger partial charge in [-0.2, -0.15) is 5.11 Å². The molecule has 2 atom stereocenters. The highest BCUT2D eigenvalue weighted by Crippen LogP contribution is 2.32. The molecule has 154 valence electrons. The standard InChI is InChI=1S/C21H20ClN5O3/c1-12(2)13-6-8-15(9-7-13)23-17(28)11-26-19-18(24-25-26)20(29)27(21(19)30)16-5-3-4-14(22)10-16/h3-10,12,18-19H,11H2,1-2H3,(H,23,28)/t18-,19-/m1/s1. The lowest BCUT2D eigenvalue weighted by Gasteiger charge is -2.20. The van der Waals surface area contributed by atoms with Crippen molar-refractivity contribution in [2.45, 2.75) is 31.8 Å². The number of amides is 3. The quantitative estimate of drug-likeness (QED) is 0.743. The van der Waals surface area contributed by atoms with Gasteiger partial charge in [-0.15, -0.1) is 0 Å². The van der Waals surface area contributed by atoms with Gasteiger partial charge in [-0.25, -0.2) is 4.90 Å². The van der Waals surface area contributed by atoms with Crippen LogP contribution < -0.4 is 10.2 Å². The summed E-state index contributed by atoms with van der Waals surface area (Å²) in [5.41, 5.74) is 2.18. The van der Waals surface area contributed by atoms with Crippen LogP contribution in [-0.2, 0) is 14.4 Å². The number of hydrogen-bond donors (Lipinski definition) is 1. The first-order valence-electron chi connectivity index (χ1n) is 9.56. The molecule has 30 heavy (non-hydrogen) atoms. The van der Waals surface area contributed by atoms with E-state index < -0.39 is 23.9 Å². The monoisotopic (exact) mass is 425 g/mol. The van der Waals surface area contributed by atoms with E-state index in [2.05, 4.69) is 29.5 Å². The van der Waals surface area contributed by atoms with Crippen molar-refractivity contribution >= 4 is 40.7 Å². The summed E-state index contributed by atoms with van der Waals surface area (Å²) >= 11 is 5.99. The van der Waals surface area contributed by atoms with Crippen molar-refractivity contribution in [1.82, 2.24) is 5.01 Å². The van der Waals surface area contributed by atoms with Gasteiger partial charge < -0.3 is 5.32 Å². The Bertz CT molecular complexity index is 1040. The number of nitrogens with zero attached hydrogens (tertiary/aromatic N) is 4. The fraction of sp³-hybridized carbons (Fsp3) is 0.286. The van der Waals surface area contributed by atoms with Crippen LogP contribution in [-0.4, -0.2) is 41.4 Å². The minimum absolute atomic E-state index is 0.195. The molecule has 4 rings (SSSR count). The summed E-state index contributed by atoms with van der Waals surface area (Å²) in [5, 5.41) is 12.3. The molecule has 2 aromatic rings. The van der Waals surface area contributed by atoms with Crippen molar-refractivity contribution in [2.75, 3.05) is 16.8 Å². The molecule has 0 bridgehead atoms. The predicted octanol–water partition coefficient (Wildman–Crippen LogP) is 3.40. The van der Waals surface area contributed by atoms with Crippen molar-refractivity contribution in [1.29, 1.82) is 0 Å². The normalized spacial score (nSPS) is 20.3. The minimum Gasteiger partial charge on any atom is -0.324 e. The second-order valence-electron chi connectivity index (χ2n) is 7.51. The number of carbonyl (C=O) groups is 3. The highest BCUT2D eigenvalue weighted by molar-refractivity contribution is 6.31. The summed E-state index contributed by atoms with van der Waals surface area (Å²) in [6.45, 7) is 3.99. The lowest BCUT2D eigenvalue weighted by atomic mass is 10.0. The molecular weight excluding hydrogens is 406 g/mol. The molecule has 2 aliphatic heterocycles. The molecule has 3 amide bonds. The Kier molecular flexibility index (Phi) is 5.26. The van der Waals surface area contributed by atoms with Crippen molar-refractivity contribution in [3.05, 3.63) is 59.1 Å². The van der Waals surface area contributed by atoms with Crippen LogP contribution in [0.15, 0.2) is 58.9 Å². The van der Waals surface area contributed by atoms with Crippen LogP contribution in [0.2, 0.25) is 5.02 Å². The summed E-state index contributed by atoms with van der Waals surface area (Å²) in [7, 11) is 0. The zero-order valence-electron chi connectivity index (χ0n) is 16.4. The second-order valence-corrected chi connectivity index (χ2v) is 7.95. The molecular formula is C21H20ClN5O3. The molecule has 0 unspecified atom stereocenters. The lowest BCUT2D eigenvalue weighted by molar-refractivity contribution is -0.123. The summed E-state index contributed by atoms with van der Waals surface area (Å²) in [5.74, 6) is -0.923. The smallest absolute Gasteiger partial charge is 0.263 e. The average molecular weight is 426 g/mol. The number of hydrogen-bond acceptors (Lipinski definition) is 6. The zero-order valence-corrected chi connectivity index (χ0v) is 17.2. The van der Waals surface area contributed by atoms with E-state index in [0.29, 0.717) is 22.3 Å². The summed E-state index contributed by atoms with van der Waals surface area (Å²) in [4.78, 5) is 39.2.